The van der Waals surface area contributed by atoms with E-state index in [1.807, 2.05) is 11.9 Å². The van der Waals surface area contributed by atoms with Crippen molar-refractivity contribution in [3.63, 3.8) is 0 Å². The van der Waals surface area contributed by atoms with Gasteiger partial charge in [-0.1, -0.05) is 13.8 Å². The standard InChI is InChI=1S/C16H34N4O/c1-5-20(9-7-17-4)16(21)14-19-12-10-18(11-13-19)8-6-15(2)3/h15,17H,5-14H2,1-4H3. The van der Waals surface area contributed by atoms with Gasteiger partial charge in [-0.25, -0.2) is 0 Å². The van der Waals surface area contributed by atoms with E-state index in [2.05, 4.69) is 35.9 Å². The molecular weight excluding hydrogens is 264 g/mol. The van der Waals surface area contributed by atoms with Gasteiger partial charge in [-0.2, -0.15) is 0 Å². The summed E-state index contributed by atoms with van der Waals surface area (Å²) in [6.07, 6.45) is 1.27. The Morgan fingerprint density at radius 3 is 2.33 bits per heavy atom. The molecule has 1 saturated heterocycles. The van der Waals surface area contributed by atoms with Crippen molar-refractivity contribution in [2.75, 3.05) is 66.0 Å². The molecule has 0 saturated carbocycles. The number of hydrogen-bond acceptors (Lipinski definition) is 4. The predicted molar refractivity (Wildman–Crippen MR) is 88.5 cm³/mol. The molecule has 124 valence electrons. The largest absolute Gasteiger partial charge is 0.341 e. The van der Waals surface area contributed by atoms with Crippen LogP contribution >= 0.6 is 0 Å². The Balaban J connectivity index is 2.26. The van der Waals surface area contributed by atoms with Crippen LogP contribution in [0.25, 0.3) is 0 Å². The minimum Gasteiger partial charge on any atom is -0.341 e. The zero-order valence-corrected chi connectivity index (χ0v) is 14.4. The van der Waals surface area contributed by atoms with Gasteiger partial charge in [0.25, 0.3) is 0 Å². The number of nitrogens with one attached hydrogen (secondary N) is 1. The Hall–Kier alpha value is -0.650. The third kappa shape index (κ3) is 7.25. The first-order valence-electron chi connectivity index (χ1n) is 8.43. The Morgan fingerprint density at radius 1 is 1.19 bits per heavy atom. The van der Waals surface area contributed by atoms with Crippen LogP contribution in [0.4, 0.5) is 0 Å². The monoisotopic (exact) mass is 298 g/mol. The first-order valence-corrected chi connectivity index (χ1v) is 8.43. The number of carbonyl (C=O) groups is 1. The fourth-order valence-electron chi connectivity index (χ4n) is 2.61. The fourth-order valence-corrected chi connectivity index (χ4v) is 2.61. The van der Waals surface area contributed by atoms with Crippen LogP contribution in [-0.4, -0.2) is 86.6 Å². The molecule has 1 aliphatic rings. The number of rotatable bonds is 9. The molecule has 0 aromatic carbocycles. The van der Waals surface area contributed by atoms with Crippen molar-refractivity contribution in [3.05, 3.63) is 0 Å². The molecule has 1 amide bonds. The minimum absolute atomic E-state index is 0.267. The molecule has 0 spiro atoms. The lowest BCUT2D eigenvalue weighted by Crippen LogP contribution is -2.50. The van der Waals surface area contributed by atoms with E-state index in [1.54, 1.807) is 0 Å². The first-order chi connectivity index (χ1) is 10.1. The molecule has 1 rings (SSSR count). The van der Waals surface area contributed by atoms with Crippen LogP contribution in [0, 0.1) is 5.92 Å². The van der Waals surface area contributed by atoms with Crippen molar-refractivity contribution in [1.29, 1.82) is 0 Å². The van der Waals surface area contributed by atoms with Crippen molar-refractivity contribution in [2.24, 2.45) is 5.92 Å². The molecule has 0 bridgehead atoms. The van der Waals surface area contributed by atoms with E-state index in [9.17, 15) is 4.79 Å². The summed E-state index contributed by atoms with van der Waals surface area (Å²) in [5.41, 5.74) is 0. The fraction of sp³-hybridized carbons (Fsp3) is 0.938. The van der Waals surface area contributed by atoms with E-state index in [1.165, 1.54) is 13.0 Å². The molecule has 0 radical (unpaired) electrons. The van der Waals surface area contributed by atoms with Gasteiger partial charge in [-0.05, 0) is 32.9 Å². The van der Waals surface area contributed by atoms with Crippen LogP contribution in [0.5, 0.6) is 0 Å². The van der Waals surface area contributed by atoms with Gasteiger partial charge in [0.2, 0.25) is 5.91 Å². The Bertz CT molecular complexity index is 288. The molecule has 0 aromatic heterocycles. The number of carbonyl (C=O) groups excluding carboxylic acids is 1. The van der Waals surface area contributed by atoms with E-state index in [0.717, 1.165) is 51.7 Å². The Kier molecular flexibility index (Phi) is 8.88. The predicted octanol–water partition coefficient (Wildman–Crippen LogP) is 0.718. The summed E-state index contributed by atoms with van der Waals surface area (Å²) in [5.74, 6) is 1.04. The van der Waals surface area contributed by atoms with Crippen LogP contribution in [-0.2, 0) is 4.79 Å². The maximum atomic E-state index is 12.3. The van der Waals surface area contributed by atoms with Gasteiger partial charge in [0.1, 0.15) is 0 Å². The van der Waals surface area contributed by atoms with Gasteiger partial charge in [-0.3, -0.25) is 9.69 Å². The molecular formula is C16H34N4O. The smallest absolute Gasteiger partial charge is 0.236 e. The van der Waals surface area contributed by atoms with E-state index < -0.39 is 0 Å². The zero-order chi connectivity index (χ0) is 15.7. The Morgan fingerprint density at radius 2 is 1.81 bits per heavy atom. The summed E-state index contributed by atoms with van der Waals surface area (Å²) in [4.78, 5) is 19.1. The van der Waals surface area contributed by atoms with E-state index in [-0.39, 0.29) is 5.91 Å². The second-order valence-corrected chi connectivity index (χ2v) is 6.38. The SMILES string of the molecule is CCN(CCNC)C(=O)CN1CCN(CCC(C)C)CC1. The maximum absolute atomic E-state index is 12.3. The van der Waals surface area contributed by atoms with Gasteiger partial charge in [0.05, 0.1) is 6.54 Å². The topological polar surface area (TPSA) is 38.8 Å². The molecule has 5 nitrogen and oxygen atoms in total. The second-order valence-electron chi connectivity index (χ2n) is 6.38. The summed E-state index contributed by atoms with van der Waals surface area (Å²) in [6.45, 7) is 15.1. The van der Waals surface area contributed by atoms with Gasteiger partial charge >= 0.3 is 0 Å². The number of piperazine rings is 1. The van der Waals surface area contributed by atoms with Crippen LogP contribution in [0.15, 0.2) is 0 Å². The van der Waals surface area contributed by atoms with Crippen molar-refractivity contribution >= 4 is 5.91 Å². The number of likely N-dealkylation sites (N-methyl/N-ethyl adjacent to an activating group) is 2. The molecule has 0 aliphatic carbocycles. The average molecular weight is 298 g/mol. The molecule has 1 heterocycles. The van der Waals surface area contributed by atoms with Gasteiger partial charge < -0.3 is 15.1 Å². The van der Waals surface area contributed by atoms with Crippen LogP contribution in [0.1, 0.15) is 27.2 Å². The highest BCUT2D eigenvalue weighted by atomic mass is 16.2. The van der Waals surface area contributed by atoms with E-state index in [4.69, 9.17) is 0 Å². The summed E-state index contributed by atoms with van der Waals surface area (Å²) < 4.78 is 0. The summed E-state index contributed by atoms with van der Waals surface area (Å²) in [6, 6.07) is 0. The first kappa shape index (κ1) is 18.4. The van der Waals surface area contributed by atoms with Crippen LogP contribution in [0.2, 0.25) is 0 Å². The number of nitrogens with zero attached hydrogens (tertiary/aromatic N) is 3. The third-order valence-corrected chi connectivity index (χ3v) is 4.21. The van der Waals surface area contributed by atoms with E-state index >= 15 is 0 Å². The average Bonchev–Trinajstić information content (AvgIpc) is 2.47. The molecule has 0 aromatic rings. The van der Waals surface area contributed by atoms with Crippen molar-refractivity contribution in [3.8, 4) is 0 Å². The van der Waals surface area contributed by atoms with Crippen molar-refractivity contribution in [2.45, 2.75) is 27.2 Å². The lowest BCUT2D eigenvalue weighted by molar-refractivity contribution is -0.132. The minimum atomic E-state index is 0.267. The van der Waals surface area contributed by atoms with Gasteiger partial charge in [-0.15, -0.1) is 0 Å². The summed E-state index contributed by atoms with van der Waals surface area (Å²) in [7, 11) is 1.93. The lowest BCUT2D eigenvalue weighted by atomic mass is 10.1. The van der Waals surface area contributed by atoms with E-state index in [0.29, 0.717) is 6.54 Å². The molecule has 5 heteroatoms. The Labute approximate surface area is 130 Å². The summed E-state index contributed by atoms with van der Waals surface area (Å²) in [5, 5.41) is 3.11. The summed E-state index contributed by atoms with van der Waals surface area (Å²) >= 11 is 0. The zero-order valence-electron chi connectivity index (χ0n) is 14.4. The molecule has 1 N–H and O–H groups in total. The van der Waals surface area contributed by atoms with Gasteiger partial charge in [0, 0.05) is 45.8 Å². The highest BCUT2D eigenvalue weighted by molar-refractivity contribution is 5.78. The van der Waals surface area contributed by atoms with Crippen LogP contribution in [0.3, 0.4) is 0 Å². The van der Waals surface area contributed by atoms with Crippen molar-refractivity contribution < 1.29 is 4.79 Å². The molecule has 21 heavy (non-hydrogen) atoms. The normalized spacial score (nSPS) is 17.4. The highest BCUT2D eigenvalue weighted by Crippen LogP contribution is 2.06. The van der Waals surface area contributed by atoms with Crippen molar-refractivity contribution in [1.82, 2.24) is 20.0 Å². The molecule has 1 aliphatic heterocycles. The molecule has 1 fully saturated rings. The molecule has 0 unspecified atom stereocenters. The quantitative estimate of drug-likeness (QED) is 0.681. The maximum Gasteiger partial charge on any atom is 0.236 e. The second kappa shape index (κ2) is 10.1. The van der Waals surface area contributed by atoms with Gasteiger partial charge in [0.15, 0.2) is 0 Å². The number of amides is 1. The molecule has 0 atom stereocenters. The third-order valence-electron chi connectivity index (χ3n) is 4.21. The van der Waals surface area contributed by atoms with Crippen LogP contribution < -0.4 is 5.32 Å². The number of hydrogen-bond donors (Lipinski definition) is 1. The highest BCUT2D eigenvalue weighted by Gasteiger charge is 2.20. The lowest BCUT2D eigenvalue weighted by Gasteiger charge is -2.35.